The molecule has 138 valence electrons. The number of hydrogen-bond donors (Lipinski definition) is 1. The first kappa shape index (κ1) is 17.5. The number of rotatable bonds is 5. The molecule has 1 aliphatic carbocycles. The number of hydrogen-bond acceptors (Lipinski definition) is 3. The number of fused-ring (bicyclic) bond motifs is 2. The highest BCUT2D eigenvalue weighted by Gasteiger charge is 2.36. The highest BCUT2D eigenvalue weighted by atomic mass is 16.4. The fraction of sp³-hybridized carbons (Fsp3) is 0.318. The molecule has 1 unspecified atom stereocenters. The molecule has 4 rings (SSSR count). The molecule has 2 aliphatic rings. The Hall–Kier alpha value is -2.95. The van der Waals surface area contributed by atoms with Gasteiger partial charge in [0, 0.05) is 30.6 Å². The summed E-state index contributed by atoms with van der Waals surface area (Å²) in [5.41, 5.74) is 4.51. The van der Waals surface area contributed by atoms with E-state index in [4.69, 9.17) is 0 Å². The molecule has 2 aromatic carbocycles. The summed E-state index contributed by atoms with van der Waals surface area (Å²) in [6.07, 6.45) is 3.42. The van der Waals surface area contributed by atoms with E-state index in [0.717, 1.165) is 19.3 Å². The summed E-state index contributed by atoms with van der Waals surface area (Å²) >= 11 is 0. The fourth-order valence-corrected chi connectivity index (χ4v) is 4.10. The lowest BCUT2D eigenvalue weighted by atomic mass is 10.0. The molecule has 27 heavy (non-hydrogen) atoms. The molecule has 5 nitrogen and oxygen atoms in total. The summed E-state index contributed by atoms with van der Waals surface area (Å²) in [5.74, 6) is -1.90. The van der Waals surface area contributed by atoms with Crippen LogP contribution in [0.1, 0.15) is 52.2 Å². The zero-order valence-electron chi connectivity index (χ0n) is 15.0. The maximum atomic E-state index is 12.7. The molecule has 1 aliphatic heterocycles. The monoisotopic (exact) mass is 363 g/mol. The zero-order chi connectivity index (χ0) is 19.0. The van der Waals surface area contributed by atoms with Gasteiger partial charge < -0.3 is 10.0 Å². The van der Waals surface area contributed by atoms with Gasteiger partial charge in [-0.1, -0.05) is 30.3 Å². The average Bonchev–Trinajstić information content (AvgIpc) is 3.29. The van der Waals surface area contributed by atoms with Crippen LogP contribution in [0.5, 0.6) is 0 Å². The summed E-state index contributed by atoms with van der Waals surface area (Å²) < 4.78 is 0. The van der Waals surface area contributed by atoms with Crippen molar-refractivity contribution >= 4 is 23.3 Å². The van der Waals surface area contributed by atoms with Crippen molar-refractivity contribution in [1.82, 2.24) is 0 Å². The van der Waals surface area contributed by atoms with Gasteiger partial charge in [0.15, 0.2) is 5.78 Å². The number of carbonyl (C=O) groups is 3. The number of aliphatic carboxylic acids is 1. The second-order valence-electron chi connectivity index (χ2n) is 7.21. The summed E-state index contributed by atoms with van der Waals surface area (Å²) in [5, 5.41) is 9.41. The van der Waals surface area contributed by atoms with Gasteiger partial charge in [-0.15, -0.1) is 0 Å². The number of Topliss-reactive ketones (excluding diaryl/α,β-unsaturated/α-hetero) is 1. The predicted molar refractivity (Wildman–Crippen MR) is 101 cm³/mol. The van der Waals surface area contributed by atoms with Crippen molar-refractivity contribution in [2.24, 2.45) is 0 Å². The molecular weight excluding hydrogens is 342 g/mol. The molecule has 1 amide bonds. The minimum atomic E-state index is -0.938. The molecular formula is C22H21NO4. The number of carboxylic acid groups (broad SMARTS) is 1. The minimum absolute atomic E-state index is 0.0414. The largest absolute Gasteiger partial charge is 0.481 e. The lowest BCUT2D eigenvalue weighted by Gasteiger charge is -2.17. The highest BCUT2D eigenvalue weighted by molar-refractivity contribution is 6.03. The van der Waals surface area contributed by atoms with E-state index in [9.17, 15) is 19.5 Å². The highest BCUT2D eigenvalue weighted by Crippen LogP contribution is 2.36. The quantitative estimate of drug-likeness (QED) is 0.827. The third-order valence-corrected chi connectivity index (χ3v) is 5.55. The molecule has 0 spiro atoms. The van der Waals surface area contributed by atoms with Gasteiger partial charge >= 0.3 is 5.97 Å². The third kappa shape index (κ3) is 3.25. The molecule has 0 bridgehead atoms. The van der Waals surface area contributed by atoms with E-state index in [0.29, 0.717) is 16.8 Å². The molecule has 0 aromatic heterocycles. The number of carboxylic acids is 1. The molecule has 2 aromatic rings. The topological polar surface area (TPSA) is 74.7 Å². The molecule has 1 atom stereocenters. The SMILES string of the molecule is O=C(CCC(=O)N1CC(C(=O)O)c2ccccc21)c1ccc2c(c1)CCC2. The van der Waals surface area contributed by atoms with Gasteiger partial charge in [0.05, 0.1) is 0 Å². The Bertz CT molecular complexity index is 934. The number of ketones is 1. The van der Waals surface area contributed by atoms with Crippen LogP contribution in [0.15, 0.2) is 42.5 Å². The lowest BCUT2D eigenvalue weighted by molar-refractivity contribution is -0.138. The van der Waals surface area contributed by atoms with E-state index < -0.39 is 11.9 Å². The lowest BCUT2D eigenvalue weighted by Crippen LogP contribution is -2.31. The maximum Gasteiger partial charge on any atom is 0.312 e. The second-order valence-corrected chi connectivity index (χ2v) is 7.21. The number of anilines is 1. The van der Waals surface area contributed by atoms with Crippen molar-refractivity contribution in [3.63, 3.8) is 0 Å². The first-order valence-corrected chi connectivity index (χ1v) is 9.31. The fourth-order valence-electron chi connectivity index (χ4n) is 4.10. The summed E-state index contributed by atoms with van der Waals surface area (Å²) in [4.78, 5) is 38.2. The van der Waals surface area contributed by atoms with Crippen LogP contribution in [0.4, 0.5) is 5.69 Å². The van der Waals surface area contributed by atoms with E-state index in [1.54, 1.807) is 24.3 Å². The van der Waals surface area contributed by atoms with E-state index in [1.807, 2.05) is 18.2 Å². The number of nitrogens with zero attached hydrogens (tertiary/aromatic N) is 1. The van der Waals surface area contributed by atoms with Gasteiger partial charge in [0.2, 0.25) is 5.91 Å². The molecule has 1 N–H and O–H groups in total. The van der Waals surface area contributed by atoms with Gasteiger partial charge in [0.25, 0.3) is 0 Å². The number of carbonyl (C=O) groups excluding carboxylic acids is 2. The van der Waals surface area contributed by atoms with E-state index in [-0.39, 0.29) is 31.1 Å². The maximum absolute atomic E-state index is 12.7. The first-order valence-electron chi connectivity index (χ1n) is 9.31. The normalized spacial score (nSPS) is 17.5. The van der Waals surface area contributed by atoms with Crippen LogP contribution < -0.4 is 4.90 Å². The smallest absolute Gasteiger partial charge is 0.312 e. The van der Waals surface area contributed by atoms with Crippen molar-refractivity contribution in [2.45, 2.75) is 38.0 Å². The Labute approximate surface area is 157 Å². The van der Waals surface area contributed by atoms with Crippen LogP contribution in [-0.4, -0.2) is 29.3 Å². The summed E-state index contributed by atoms with van der Waals surface area (Å²) in [7, 11) is 0. The Kier molecular flexibility index (Phi) is 4.52. The second kappa shape index (κ2) is 6.99. The van der Waals surface area contributed by atoms with E-state index >= 15 is 0 Å². The minimum Gasteiger partial charge on any atom is -0.481 e. The predicted octanol–water partition coefficient (Wildman–Crippen LogP) is 3.35. The standard InChI is InChI=1S/C22H21NO4/c24-20(16-9-8-14-4-3-5-15(14)12-16)10-11-21(25)23-13-18(22(26)27)17-6-1-2-7-19(17)23/h1-2,6-9,12,18H,3-5,10-11,13H2,(H,26,27). The Balaban J connectivity index is 1.44. The van der Waals surface area contributed by atoms with Crippen molar-refractivity contribution in [3.8, 4) is 0 Å². The average molecular weight is 363 g/mol. The van der Waals surface area contributed by atoms with Crippen LogP contribution in [-0.2, 0) is 22.4 Å². The summed E-state index contributed by atoms with van der Waals surface area (Å²) in [6, 6.07) is 12.9. The van der Waals surface area contributed by atoms with E-state index in [2.05, 4.69) is 0 Å². The molecule has 5 heteroatoms. The number of amides is 1. The van der Waals surface area contributed by atoms with Crippen molar-refractivity contribution in [3.05, 3.63) is 64.7 Å². The molecule has 0 saturated heterocycles. The Morgan fingerprint density at radius 2 is 1.78 bits per heavy atom. The first-order chi connectivity index (χ1) is 13.0. The number of aryl methyl sites for hydroxylation is 2. The van der Waals surface area contributed by atoms with E-state index in [1.165, 1.54) is 16.0 Å². The van der Waals surface area contributed by atoms with Gasteiger partial charge in [-0.3, -0.25) is 14.4 Å². The molecule has 0 radical (unpaired) electrons. The van der Waals surface area contributed by atoms with Crippen LogP contribution in [0, 0.1) is 0 Å². The number of para-hydroxylation sites is 1. The molecule has 0 fully saturated rings. The van der Waals surface area contributed by atoms with Crippen molar-refractivity contribution < 1.29 is 19.5 Å². The number of benzene rings is 2. The van der Waals surface area contributed by atoms with Gasteiger partial charge in [-0.05, 0) is 48.1 Å². The zero-order valence-corrected chi connectivity index (χ0v) is 15.0. The van der Waals surface area contributed by atoms with Gasteiger partial charge in [-0.25, -0.2) is 0 Å². The summed E-state index contributed by atoms with van der Waals surface area (Å²) in [6.45, 7) is 0.126. The van der Waals surface area contributed by atoms with Crippen LogP contribution in [0.25, 0.3) is 0 Å². The van der Waals surface area contributed by atoms with Crippen LogP contribution in [0.3, 0.4) is 0 Å². The van der Waals surface area contributed by atoms with Crippen molar-refractivity contribution in [2.75, 3.05) is 11.4 Å². The van der Waals surface area contributed by atoms with Crippen LogP contribution in [0.2, 0.25) is 0 Å². The van der Waals surface area contributed by atoms with Crippen LogP contribution >= 0.6 is 0 Å². The van der Waals surface area contributed by atoms with Crippen molar-refractivity contribution in [1.29, 1.82) is 0 Å². The van der Waals surface area contributed by atoms with Gasteiger partial charge in [0.1, 0.15) is 5.92 Å². The Morgan fingerprint density at radius 3 is 2.59 bits per heavy atom. The molecule has 0 saturated carbocycles. The molecule has 1 heterocycles. The Morgan fingerprint density at radius 1 is 1.00 bits per heavy atom. The third-order valence-electron chi connectivity index (χ3n) is 5.55. The van der Waals surface area contributed by atoms with Gasteiger partial charge in [-0.2, -0.15) is 0 Å².